The Morgan fingerprint density at radius 1 is 1.27 bits per heavy atom. The molecule has 4 atom stereocenters. The molecular formula is C14H19N6OY-. The smallest absolute Gasteiger partial charge is 0.184 e. The monoisotopic (exact) mass is 376 g/mol. The molecule has 0 saturated heterocycles. The Morgan fingerprint density at radius 2 is 2.00 bits per heavy atom. The number of fused-ring (bicyclic) bond motifs is 1. The van der Waals surface area contributed by atoms with Crippen LogP contribution in [0.5, 0.6) is 0 Å². The van der Waals surface area contributed by atoms with Crippen molar-refractivity contribution in [1.82, 2.24) is 25.0 Å². The van der Waals surface area contributed by atoms with E-state index in [0.717, 1.165) is 12.1 Å². The first-order valence-electron chi connectivity index (χ1n) is 7.21. The summed E-state index contributed by atoms with van der Waals surface area (Å²) < 4.78 is 1.85. The number of hydrogen-bond acceptors (Lipinski definition) is 6. The molecule has 1 fully saturated rings. The molecule has 22 heavy (non-hydrogen) atoms. The van der Waals surface area contributed by atoms with Crippen LogP contribution in [0, 0.1) is 24.7 Å². The van der Waals surface area contributed by atoms with Gasteiger partial charge in [-0.1, -0.05) is 31.4 Å². The van der Waals surface area contributed by atoms with Crippen molar-refractivity contribution in [2.45, 2.75) is 33.2 Å². The number of nitrogens with zero attached hydrogens (tertiary/aromatic N) is 5. The molecule has 115 valence electrons. The van der Waals surface area contributed by atoms with Crippen molar-refractivity contribution in [3.05, 3.63) is 5.82 Å². The zero-order chi connectivity index (χ0) is 15.1. The minimum atomic E-state index is -0.0454. The molecule has 1 N–H and O–H groups in total. The summed E-state index contributed by atoms with van der Waals surface area (Å²) in [4.78, 5) is 19.9. The minimum absolute atomic E-state index is 0. The van der Waals surface area contributed by atoms with Crippen LogP contribution in [0.25, 0.3) is 11.2 Å². The van der Waals surface area contributed by atoms with Crippen LogP contribution < -0.4 is 5.32 Å². The van der Waals surface area contributed by atoms with Crippen LogP contribution in [0.1, 0.15) is 32.1 Å². The largest absolute Gasteiger partial charge is 0.542 e. The third-order valence-corrected chi connectivity index (χ3v) is 4.70. The minimum Gasteiger partial charge on any atom is -0.542 e. The van der Waals surface area contributed by atoms with Gasteiger partial charge in [-0.2, -0.15) is 0 Å². The summed E-state index contributed by atoms with van der Waals surface area (Å²) in [5.41, 5.74) is 1.39. The maximum atomic E-state index is 11.1. The van der Waals surface area contributed by atoms with E-state index in [1.54, 1.807) is 7.05 Å². The van der Waals surface area contributed by atoms with Gasteiger partial charge in [-0.05, 0) is 12.8 Å². The van der Waals surface area contributed by atoms with Gasteiger partial charge in [0.1, 0.15) is 5.82 Å². The fourth-order valence-electron chi connectivity index (χ4n) is 3.22. The van der Waals surface area contributed by atoms with Gasteiger partial charge in [-0.15, -0.1) is 11.0 Å². The number of carbonyl (C=O) groups excluding carboxylic acids is 1. The van der Waals surface area contributed by atoms with Gasteiger partial charge in [0.15, 0.2) is 17.0 Å². The SMILES string of the molecule is CNc1nc(C)nc2c1nnn2C1C[C@H]([C-]=O)[C@@H](C)[C@H]1C.[Y]. The standard InChI is InChI=1S/C14H19N6O.Y/c1-7-8(2)11(5-10(7)6-21)20-14-12(18-19-20)13(15-4)16-9(3)17-14;/h7-8,10-11H,5H2,1-4H3,(H,15,16,17);/q-1;/t7-,8+,10+,11?;/m0./s1. The van der Waals surface area contributed by atoms with Crippen LogP contribution in [0.4, 0.5) is 5.82 Å². The molecule has 2 aromatic rings. The number of rotatable bonds is 3. The van der Waals surface area contributed by atoms with E-state index in [0.29, 0.717) is 29.0 Å². The summed E-state index contributed by atoms with van der Waals surface area (Å²) in [6.45, 7) is 6.09. The van der Waals surface area contributed by atoms with Crippen molar-refractivity contribution in [2.24, 2.45) is 17.8 Å². The van der Waals surface area contributed by atoms with Crippen molar-refractivity contribution in [3.63, 3.8) is 0 Å². The molecule has 3 rings (SSSR count). The van der Waals surface area contributed by atoms with Gasteiger partial charge in [0, 0.05) is 39.8 Å². The molecule has 0 bridgehead atoms. The number of hydrogen-bond donors (Lipinski definition) is 1. The van der Waals surface area contributed by atoms with E-state index in [9.17, 15) is 4.79 Å². The van der Waals surface area contributed by atoms with Crippen molar-refractivity contribution in [1.29, 1.82) is 0 Å². The second kappa shape index (κ2) is 6.66. The fourth-order valence-corrected chi connectivity index (χ4v) is 3.22. The first kappa shape index (κ1) is 17.4. The molecule has 0 amide bonds. The van der Waals surface area contributed by atoms with Crippen LogP contribution in [0.2, 0.25) is 0 Å². The molecule has 1 radical (unpaired) electrons. The van der Waals surface area contributed by atoms with E-state index >= 15 is 0 Å². The second-order valence-electron chi connectivity index (χ2n) is 5.82. The second-order valence-corrected chi connectivity index (χ2v) is 5.82. The van der Waals surface area contributed by atoms with Gasteiger partial charge in [0.25, 0.3) is 0 Å². The molecule has 0 spiro atoms. The van der Waals surface area contributed by atoms with Gasteiger partial charge in [0.2, 0.25) is 0 Å². The summed E-state index contributed by atoms with van der Waals surface area (Å²) in [7, 11) is 1.80. The Bertz CT molecular complexity index is 687. The number of anilines is 1. The van der Waals surface area contributed by atoms with Crippen LogP contribution in [0.15, 0.2) is 0 Å². The predicted octanol–water partition coefficient (Wildman–Crippen LogP) is 1.51. The Morgan fingerprint density at radius 3 is 2.59 bits per heavy atom. The topological polar surface area (TPSA) is 85.6 Å². The van der Waals surface area contributed by atoms with Crippen molar-refractivity contribution in [3.8, 4) is 0 Å². The first-order valence-corrected chi connectivity index (χ1v) is 7.21. The van der Waals surface area contributed by atoms with Crippen LogP contribution in [-0.2, 0) is 37.5 Å². The maximum absolute atomic E-state index is 11.1. The van der Waals surface area contributed by atoms with Gasteiger partial charge < -0.3 is 10.1 Å². The molecule has 1 aliphatic rings. The quantitative estimate of drug-likeness (QED) is 0.818. The van der Waals surface area contributed by atoms with Crippen LogP contribution in [-0.4, -0.2) is 38.3 Å². The third-order valence-electron chi connectivity index (χ3n) is 4.70. The zero-order valence-electron chi connectivity index (χ0n) is 13.2. The Hall–Kier alpha value is -0.946. The number of aryl methyl sites for hydroxylation is 1. The molecule has 1 unspecified atom stereocenters. The number of aromatic nitrogens is 5. The fraction of sp³-hybridized carbons (Fsp3) is 0.643. The van der Waals surface area contributed by atoms with Gasteiger partial charge in [0.05, 0.1) is 6.04 Å². The summed E-state index contributed by atoms with van der Waals surface area (Å²) in [5.74, 6) is 1.93. The van der Waals surface area contributed by atoms with Gasteiger partial charge in [-0.25, -0.2) is 14.6 Å². The van der Waals surface area contributed by atoms with Crippen molar-refractivity contribution < 1.29 is 37.5 Å². The molecule has 8 heteroatoms. The van der Waals surface area contributed by atoms with E-state index in [-0.39, 0.29) is 44.7 Å². The zero-order valence-corrected chi connectivity index (χ0v) is 16.1. The summed E-state index contributed by atoms with van der Waals surface area (Å²) in [6, 6.07) is 0.121. The maximum Gasteiger partial charge on any atom is 0.184 e. The average Bonchev–Trinajstić information content (AvgIpc) is 3.01. The van der Waals surface area contributed by atoms with Crippen LogP contribution in [0.3, 0.4) is 0 Å². The summed E-state index contributed by atoms with van der Waals surface area (Å²) in [5, 5.41) is 11.5. The van der Waals surface area contributed by atoms with Crippen molar-refractivity contribution in [2.75, 3.05) is 12.4 Å². The van der Waals surface area contributed by atoms with Crippen LogP contribution >= 0.6 is 0 Å². The van der Waals surface area contributed by atoms with E-state index in [2.05, 4.69) is 45.7 Å². The molecule has 0 aromatic carbocycles. The van der Waals surface area contributed by atoms with E-state index in [4.69, 9.17) is 0 Å². The Kier molecular flexibility index (Phi) is 5.27. The van der Waals surface area contributed by atoms with Crippen molar-refractivity contribution >= 4 is 23.3 Å². The summed E-state index contributed by atoms with van der Waals surface area (Å²) in [6.07, 6.45) is 2.90. The molecule has 7 nitrogen and oxygen atoms in total. The average molecular weight is 376 g/mol. The predicted molar refractivity (Wildman–Crippen MR) is 78.6 cm³/mol. The molecule has 2 aromatic heterocycles. The molecule has 1 saturated carbocycles. The first-order chi connectivity index (χ1) is 10.1. The van der Waals surface area contributed by atoms with E-state index in [1.165, 1.54) is 0 Å². The summed E-state index contributed by atoms with van der Waals surface area (Å²) >= 11 is 0. The number of nitrogens with one attached hydrogen (secondary N) is 1. The normalized spacial score (nSPS) is 27.6. The van der Waals surface area contributed by atoms with Gasteiger partial charge in [-0.3, -0.25) is 6.29 Å². The molecule has 1 aliphatic carbocycles. The van der Waals surface area contributed by atoms with E-state index in [1.807, 2.05) is 11.6 Å². The third kappa shape index (κ3) is 2.69. The molecule has 0 aliphatic heterocycles. The van der Waals surface area contributed by atoms with Gasteiger partial charge >= 0.3 is 0 Å². The Balaban J connectivity index is 0.00000176. The Labute approximate surface area is 154 Å². The van der Waals surface area contributed by atoms with E-state index < -0.39 is 0 Å². The molecule has 2 heterocycles. The molecular weight excluding hydrogens is 357 g/mol.